The summed E-state index contributed by atoms with van der Waals surface area (Å²) >= 11 is 8.90. The molecular weight excluding hydrogens is 384 g/mol. The first kappa shape index (κ1) is 15.0. The summed E-state index contributed by atoms with van der Waals surface area (Å²) in [6, 6.07) is 2.38. The lowest BCUT2D eigenvalue weighted by Crippen LogP contribution is -2.27. The Kier molecular flexibility index (Phi) is 4.11. The minimum absolute atomic E-state index is 0.133. The average molecular weight is 391 g/mol. The number of hydrogen-bond acceptors (Lipinski definition) is 3. The fraction of sp³-hybridized carbons (Fsp3) is 0.300. The van der Waals surface area contributed by atoms with Crippen LogP contribution in [0.15, 0.2) is 16.6 Å². The SMILES string of the molecule is O=C1CC(S(=O)(=O)Cl)CN1c1cc(F)c(Br)cc1Cl. The number of nitrogens with zero attached hydrogens (tertiary/aromatic N) is 1. The maximum atomic E-state index is 13.5. The van der Waals surface area contributed by atoms with E-state index >= 15 is 0 Å². The van der Waals surface area contributed by atoms with E-state index in [1.54, 1.807) is 0 Å². The van der Waals surface area contributed by atoms with Gasteiger partial charge >= 0.3 is 0 Å². The van der Waals surface area contributed by atoms with Gasteiger partial charge in [-0.15, -0.1) is 0 Å². The number of hydrogen-bond donors (Lipinski definition) is 0. The summed E-state index contributed by atoms with van der Waals surface area (Å²) in [6.07, 6.45) is -0.236. The van der Waals surface area contributed by atoms with Crippen LogP contribution >= 0.6 is 38.2 Å². The molecule has 1 amide bonds. The summed E-state index contributed by atoms with van der Waals surface area (Å²) in [6.45, 7) is -0.133. The Morgan fingerprint density at radius 3 is 2.58 bits per heavy atom. The molecule has 0 spiro atoms. The fourth-order valence-electron chi connectivity index (χ4n) is 1.82. The first-order chi connectivity index (χ1) is 8.70. The summed E-state index contributed by atoms with van der Waals surface area (Å²) in [4.78, 5) is 12.9. The van der Waals surface area contributed by atoms with Crippen molar-refractivity contribution in [1.29, 1.82) is 0 Å². The molecule has 1 heterocycles. The highest BCUT2D eigenvalue weighted by Gasteiger charge is 2.38. The second-order valence-electron chi connectivity index (χ2n) is 4.02. The quantitative estimate of drug-likeness (QED) is 0.576. The van der Waals surface area contributed by atoms with E-state index in [1.807, 2.05) is 0 Å². The Hall–Kier alpha value is -0.370. The molecule has 1 aliphatic rings. The smallest absolute Gasteiger partial charge is 0.237 e. The molecule has 1 aromatic rings. The Morgan fingerprint density at radius 1 is 1.42 bits per heavy atom. The molecule has 0 saturated carbocycles. The number of halogens is 4. The number of anilines is 1. The molecule has 1 fully saturated rings. The zero-order valence-corrected chi connectivity index (χ0v) is 13.2. The van der Waals surface area contributed by atoms with Gasteiger partial charge in [0.25, 0.3) is 0 Å². The van der Waals surface area contributed by atoms with E-state index in [1.165, 1.54) is 6.07 Å². The molecule has 4 nitrogen and oxygen atoms in total. The molecule has 1 unspecified atom stereocenters. The maximum absolute atomic E-state index is 13.5. The van der Waals surface area contributed by atoms with Gasteiger partial charge in [0.15, 0.2) is 0 Å². The fourth-order valence-corrected chi connectivity index (χ4v) is 3.58. The molecule has 104 valence electrons. The molecule has 1 saturated heterocycles. The molecule has 0 bridgehead atoms. The first-order valence-electron chi connectivity index (χ1n) is 5.08. The Labute approximate surface area is 127 Å². The van der Waals surface area contributed by atoms with Crippen molar-refractivity contribution in [3.05, 3.63) is 27.4 Å². The minimum atomic E-state index is -3.84. The van der Waals surface area contributed by atoms with E-state index in [-0.39, 0.29) is 28.1 Å². The van der Waals surface area contributed by atoms with Crippen molar-refractivity contribution in [2.45, 2.75) is 11.7 Å². The molecule has 1 aliphatic heterocycles. The monoisotopic (exact) mass is 389 g/mol. The van der Waals surface area contributed by atoms with Crippen LogP contribution in [0.5, 0.6) is 0 Å². The summed E-state index contributed by atoms with van der Waals surface area (Å²) in [5, 5.41) is -0.862. The molecule has 2 rings (SSSR count). The van der Waals surface area contributed by atoms with E-state index in [9.17, 15) is 17.6 Å². The predicted molar refractivity (Wildman–Crippen MR) is 74.6 cm³/mol. The number of amides is 1. The molecule has 0 aliphatic carbocycles. The van der Waals surface area contributed by atoms with Crippen molar-refractivity contribution in [3.63, 3.8) is 0 Å². The van der Waals surface area contributed by atoms with E-state index < -0.39 is 26.0 Å². The van der Waals surface area contributed by atoms with Crippen LogP contribution in [0.4, 0.5) is 10.1 Å². The third-order valence-corrected chi connectivity index (χ3v) is 5.55. The second-order valence-corrected chi connectivity index (χ2v) is 8.19. The normalized spacial score (nSPS) is 20.1. The topological polar surface area (TPSA) is 54.5 Å². The number of rotatable bonds is 2. The van der Waals surface area contributed by atoms with Crippen LogP contribution in [-0.4, -0.2) is 26.1 Å². The zero-order valence-electron chi connectivity index (χ0n) is 9.24. The van der Waals surface area contributed by atoms with E-state index in [0.29, 0.717) is 0 Å². The van der Waals surface area contributed by atoms with Gasteiger partial charge in [0.05, 0.1) is 15.2 Å². The van der Waals surface area contributed by atoms with Gasteiger partial charge < -0.3 is 4.90 Å². The highest BCUT2D eigenvalue weighted by atomic mass is 79.9. The molecule has 0 radical (unpaired) electrons. The van der Waals surface area contributed by atoms with Crippen molar-refractivity contribution in [3.8, 4) is 0 Å². The number of carbonyl (C=O) groups is 1. The minimum Gasteiger partial charge on any atom is -0.309 e. The third kappa shape index (κ3) is 3.04. The van der Waals surface area contributed by atoms with Gasteiger partial charge in [-0.05, 0) is 22.0 Å². The molecular formula is C10H7BrCl2FNO3S. The van der Waals surface area contributed by atoms with E-state index in [4.69, 9.17) is 22.3 Å². The van der Waals surface area contributed by atoms with E-state index in [0.717, 1.165) is 11.0 Å². The average Bonchev–Trinajstić information content (AvgIpc) is 2.65. The van der Waals surface area contributed by atoms with Crippen LogP contribution in [-0.2, 0) is 13.8 Å². The van der Waals surface area contributed by atoms with Crippen LogP contribution in [0.3, 0.4) is 0 Å². The predicted octanol–water partition coefficient (Wildman–Crippen LogP) is 2.92. The van der Waals surface area contributed by atoms with Crippen LogP contribution in [0.25, 0.3) is 0 Å². The lowest BCUT2D eigenvalue weighted by Gasteiger charge is -2.18. The van der Waals surface area contributed by atoms with Crippen molar-refractivity contribution in [1.82, 2.24) is 0 Å². The first-order valence-corrected chi connectivity index (χ1v) is 8.63. The van der Waals surface area contributed by atoms with Gasteiger partial charge in [-0.3, -0.25) is 4.79 Å². The van der Waals surface area contributed by atoms with Crippen LogP contribution < -0.4 is 4.90 Å². The van der Waals surface area contributed by atoms with E-state index in [2.05, 4.69) is 15.9 Å². The Morgan fingerprint density at radius 2 is 2.05 bits per heavy atom. The van der Waals surface area contributed by atoms with Gasteiger partial charge in [0.2, 0.25) is 15.0 Å². The molecule has 0 aromatic heterocycles. The summed E-state index contributed by atoms with van der Waals surface area (Å²) in [5.74, 6) is -1.05. The van der Waals surface area contributed by atoms with Crippen LogP contribution in [0.1, 0.15) is 6.42 Å². The molecule has 1 atom stereocenters. The van der Waals surface area contributed by atoms with Gasteiger partial charge in [-0.2, -0.15) is 0 Å². The Balaban J connectivity index is 2.39. The molecule has 9 heteroatoms. The Bertz CT molecular complexity index is 652. The van der Waals surface area contributed by atoms with Gasteiger partial charge in [-0.1, -0.05) is 11.6 Å². The zero-order chi connectivity index (χ0) is 14.4. The summed E-state index contributed by atoms with van der Waals surface area (Å²) < 4.78 is 36.1. The van der Waals surface area contributed by atoms with Crippen molar-refractivity contribution in [2.24, 2.45) is 0 Å². The van der Waals surface area contributed by atoms with Crippen molar-refractivity contribution < 1.29 is 17.6 Å². The molecule has 1 aromatic carbocycles. The van der Waals surface area contributed by atoms with Crippen molar-refractivity contribution >= 4 is 58.9 Å². The lowest BCUT2D eigenvalue weighted by molar-refractivity contribution is -0.117. The number of benzene rings is 1. The third-order valence-electron chi connectivity index (χ3n) is 2.77. The second kappa shape index (κ2) is 5.20. The summed E-state index contributed by atoms with van der Waals surface area (Å²) in [7, 11) is 1.39. The maximum Gasteiger partial charge on any atom is 0.237 e. The van der Waals surface area contributed by atoms with Crippen LogP contribution in [0.2, 0.25) is 5.02 Å². The highest BCUT2D eigenvalue weighted by Crippen LogP contribution is 2.35. The number of carbonyl (C=O) groups excluding carboxylic acids is 1. The van der Waals surface area contributed by atoms with Crippen LogP contribution in [0, 0.1) is 5.82 Å². The van der Waals surface area contributed by atoms with Crippen molar-refractivity contribution in [2.75, 3.05) is 11.4 Å². The van der Waals surface area contributed by atoms with Gasteiger partial charge in [0, 0.05) is 29.7 Å². The highest BCUT2D eigenvalue weighted by molar-refractivity contribution is 9.10. The summed E-state index contributed by atoms with van der Waals surface area (Å²) in [5.41, 5.74) is 0.134. The van der Waals surface area contributed by atoms with Gasteiger partial charge in [-0.25, -0.2) is 12.8 Å². The lowest BCUT2D eigenvalue weighted by atomic mass is 10.3. The largest absolute Gasteiger partial charge is 0.309 e. The molecule has 0 N–H and O–H groups in total. The molecule has 19 heavy (non-hydrogen) atoms. The van der Waals surface area contributed by atoms with Gasteiger partial charge in [0.1, 0.15) is 11.1 Å². The standard InChI is InChI=1S/C10H7BrCl2FNO3S/c11-6-2-7(12)9(3-8(6)14)15-4-5(1-10(15)16)19(13,17)18/h2-3,5H,1,4H2.